The summed E-state index contributed by atoms with van der Waals surface area (Å²) in [5, 5.41) is 0.462. The molecule has 1 heterocycles. The second kappa shape index (κ2) is 6.62. The highest BCUT2D eigenvalue weighted by Crippen LogP contribution is 2.31. The summed E-state index contributed by atoms with van der Waals surface area (Å²) in [6.07, 6.45) is 1.81. The summed E-state index contributed by atoms with van der Waals surface area (Å²) < 4.78 is 29.3. The number of nitrogens with two attached hydrogens (primary N) is 1. The van der Waals surface area contributed by atoms with E-state index in [2.05, 4.69) is 20.7 Å². The third kappa shape index (κ3) is 3.65. The monoisotopic (exact) mass is 381 g/mol. The van der Waals surface area contributed by atoms with E-state index in [1.807, 2.05) is 0 Å². The van der Waals surface area contributed by atoms with Gasteiger partial charge < -0.3 is 5.73 Å². The highest BCUT2D eigenvalue weighted by Gasteiger charge is 2.28. The minimum atomic E-state index is -3.58. The smallest absolute Gasteiger partial charge is 0.301 e. The lowest BCUT2D eigenvalue weighted by Crippen LogP contribution is -2.44. The van der Waals surface area contributed by atoms with Crippen LogP contribution in [0.25, 0.3) is 0 Å². The van der Waals surface area contributed by atoms with Gasteiger partial charge in [-0.2, -0.15) is 12.7 Å². The van der Waals surface area contributed by atoms with Gasteiger partial charge in [0.1, 0.15) is 0 Å². The molecule has 0 amide bonds. The Morgan fingerprint density at radius 3 is 2.95 bits per heavy atom. The lowest BCUT2D eigenvalue weighted by atomic mass is 10.0. The van der Waals surface area contributed by atoms with Crippen LogP contribution >= 0.6 is 27.5 Å². The summed E-state index contributed by atoms with van der Waals surface area (Å²) in [7, 11) is -3.58. The van der Waals surface area contributed by atoms with E-state index in [1.54, 1.807) is 18.2 Å². The normalized spacial score (nSPS) is 20.9. The number of benzene rings is 1. The van der Waals surface area contributed by atoms with Crippen molar-refractivity contribution in [3.63, 3.8) is 0 Å². The first-order chi connectivity index (χ1) is 9.44. The number of rotatable bonds is 4. The second-order valence-corrected chi connectivity index (χ2v) is 7.68. The molecule has 1 unspecified atom stereocenters. The van der Waals surface area contributed by atoms with E-state index in [9.17, 15) is 8.42 Å². The number of anilines is 1. The average molecular weight is 383 g/mol. The maximum absolute atomic E-state index is 12.4. The van der Waals surface area contributed by atoms with Crippen LogP contribution in [0.2, 0.25) is 5.02 Å². The van der Waals surface area contributed by atoms with Crippen LogP contribution in [0.1, 0.15) is 12.8 Å². The second-order valence-electron chi connectivity index (χ2n) is 4.81. The van der Waals surface area contributed by atoms with Crippen LogP contribution < -0.4 is 10.5 Å². The summed E-state index contributed by atoms with van der Waals surface area (Å²) >= 11 is 9.25. The van der Waals surface area contributed by atoms with Crippen molar-refractivity contribution in [1.82, 2.24) is 4.31 Å². The summed E-state index contributed by atoms with van der Waals surface area (Å²) in [5.74, 6) is 0.225. The molecule has 0 saturated carbocycles. The molecule has 1 fully saturated rings. The molecule has 20 heavy (non-hydrogen) atoms. The summed E-state index contributed by atoms with van der Waals surface area (Å²) in [4.78, 5) is 0. The summed E-state index contributed by atoms with van der Waals surface area (Å²) in [5.41, 5.74) is 6.08. The van der Waals surface area contributed by atoms with Gasteiger partial charge >= 0.3 is 10.2 Å². The quantitative estimate of drug-likeness (QED) is 0.840. The van der Waals surface area contributed by atoms with E-state index in [4.69, 9.17) is 17.3 Å². The molecule has 0 aromatic heterocycles. The fraction of sp³-hybridized carbons (Fsp3) is 0.500. The van der Waals surface area contributed by atoms with Crippen molar-refractivity contribution >= 4 is 43.4 Å². The van der Waals surface area contributed by atoms with Gasteiger partial charge in [-0.25, -0.2) is 0 Å². The molecule has 0 aliphatic carbocycles. The SMILES string of the molecule is NCC1CCCN(S(=O)(=O)Nc2cccc(Cl)c2Br)C1. The molecule has 8 heteroatoms. The molecule has 112 valence electrons. The Morgan fingerprint density at radius 2 is 2.25 bits per heavy atom. The Balaban J connectivity index is 2.16. The number of hydrogen-bond donors (Lipinski definition) is 2. The molecule has 0 bridgehead atoms. The van der Waals surface area contributed by atoms with Crippen LogP contribution in [0.3, 0.4) is 0 Å². The van der Waals surface area contributed by atoms with E-state index in [0.717, 1.165) is 12.8 Å². The van der Waals surface area contributed by atoms with Crippen LogP contribution in [0.15, 0.2) is 22.7 Å². The van der Waals surface area contributed by atoms with Gasteiger partial charge in [0.15, 0.2) is 0 Å². The number of hydrogen-bond acceptors (Lipinski definition) is 3. The summed E-state index contributed by atoms with van der Waals surface area (Å²) in [6.45, 7) is 1.49. The van der Waals surface area contributed by atoms with Gasteiger partial charge in [0.2, 0.25) is 0 Å². The van der Waals surface area contributed by atoms with Crippen molar-refractivity contribution in [3.05, 3.63) is 27.7 Å². The van der Waals surface area contributed by atoms with Gasteiger partial charge in [0, 0.05) is 13.1 Å². The van der Waals surface area contributed by atoms with Crippen LogP contribution in [-0.4, -0.2) is 32.4 Å². The molecule has 2 rings (SSSR count). The van der Waals surface area contributed by atoms with Gasteiger partial charge in [-0.05, 0) is 53.4 Å². The van der Waals surface area contributed by atoms with Gasteiger partial charge in [-0.15, -0.1) is 0 Å². The van der Waals surface area contributed by atoms with Crippen LogP contribution in [0.5, 0.6) is 0 Å². The Bertz CT molecular complexity index is 582. The van der Waals surface area contributed by atoms with Crippen molar-refractivity contribution in [3.8, 4) is 0 Å². The largest absolute Gasteiger partial charge is 0.330 e. The molecule has 1 saturated heterocycles. The van der Waals surface area contributed by atoms with Crippen molar-refractivity contribution in [2.75, 3.05) is 24.4 Å². The lowest BCUT2D eigenvalue weighted by Gasteiger charge is -2.31. The maximum Gasteiger partial charge on any atom is 0.301 e. The van der Waals surface area contributed by atoms with Crippen LogP contribution in [-0.2, 0) is 10.2 Å². The molecule has 1 aliphatic heterocycles. The topological polar surface area (TPSA) is 75.4 Å². The van der Waals surface area contributed by atoms with Gasteiger partial charge in [0.25, 0.3) is 0 Å². The highest BCUT2D eigenvalue weighted by molar-refractivity contribution is 9.10. The van der Waals surface area contributed by atoms with Crippen molar-refractivity contribution in [2.24, 2.45) is 11.7 Å². The fourth-order valence-electron chi connectivity index (χ4n) is 2.22. The van der Waals surface area contributed by atoms with Crippen LogP contribution in [0, 0.1) is 5.92 Å². The first kappa shape index (κ1) is 16.0. The zero-order chi connectivity index (χ0) is 14.8. The van der Waals surface area contributed by atoms with Gasteiger partial charge in [-0.3, -0.25) is 4.72 Å². The first-order valence-corrected chi connectivity index (χ1v) is 8.97. The first-order valence-electron chi connectivity index (χ1n) is 6.36. The predicted octanol–water partition coefficient (Wildman–Crippen LogP) is 2.43. The average Bonchev–Trinajstić information content (AvgIpc) is 2.44. The van der Waals surface area contributed by atoms with E-state index in [-0.39, 0.29) is 5.92 Å². The van der Waals surface area contributed by atoms with Gasteiger partial charge in [-0.1, -0.05) is 17.7 Å². The minimum absolute atomic E-state index is 0.225. The third-order valence-corrected chi connectivity index (χ3v) is 6.23. The van der Waals surface area contributed by atoms with E-state index in [1.165, 1.54) is 4.31 Å². The maximum atomic E-state index is 12.4. The molecular formula is C12H17BrClN3O2S. The third-order valence-electron chi connectivity index (χ3n) is 3.35. The predicted molar refractivity (Wildman–Crippen MR) is 85.0 cm³/mol. The standard InChI is InChI=1S/C12H17BrClN3O2S/c13-12-10(14)4-1-5-11(12)16-20(18,19)17-6-2-3-9(7-15)8-17/h1,4-5,9,16H,2-3,6-8,15H2. The van der Waals surface area contributed by atoms with Crippen molar-refractivity contribution in [2.45, 2.75) is 12.8 Å². The Labute approximate surface area is 132 Å². The minimum Gasteiger partial charge on any atom is -0.330 e. The van der Waals surface area contributed by atoms with E-state index >= 15 is 0 Å². The molecular weight excluding hydrogens is 366 g/mol. The Morgan fingerprint density at radius 1 is 1.50 bits per heavy atom. The number of piperidine rings is 1. The molecule has 1 aliphatic rings. The molecule has 0 spiro atoms. The van der Waals surface area contributed by atoms with Crippen molar-refractivity contribution < 1.29 is 8.42 Å². The number of halogens is 2. The summed E-state index contributed by atoms with van der Waals surface area (Å²) in [6, 6.07) is 5.05. The Kier molecular flexibility index (Phi) is 5.30. The van der Waals surface area contributed by atoms with Crippen LogP contribution in [0.4, 0.5) is 5.69 Å². The molecule has 5 nitrogen and oxygen atoms in total. The van der Waals surface area contributed by atoms with E-state index in [0.29, 0.717) is 34.8 Å². The van der Waals surface area contributed by atoms with Gasteiger partial charge in [0.05, 0.1) is 15.2 Å². The molecule has 3 N–H and O–H groups in total. The molecule has 1 atom stereocenters. The number of nitrogens with one attached hydrogen (secondary N) is 1. The fourth-order valence-corrected chi connectivity index (χ4v) is 4.25. The highest BCUT2D eigenvalue weighted by atomic mass is 79.9. The van der Waals surface area contributed by atoms with E-state index < -0.39 is 10.2 Å². The molecule has 1 aromatic carbocycles. The number of nitrogens with zero attached hydrogens (tertiary/aromatic N) is 1. The lowest BCUT2D eigenvalue weighted by molar-refractivity contribution is 0.273. The Hall–Kier alpha value is -0.340. The molecule has 0 radical (unpaired) electrons. The zero-order valence-electron chi connectivity index (χ0n) is 10.9. The zero-order valence-corrected chi connectivity index (χ0v) is 14.0. The molecule has 1 aromatic rings. The van der Waals surface area contributed by atoms with Crippen molar-refractivity contribution in [1.29, 1.82) is 0 Å².